The van der Waals surface area contributed by atoms with Crippen LogP contribution in [0.15, 0.2) is 35.4 Å². The predicted molar refractivity (Wildman–Crippen MR) is 108 cm³/mol. The predicted octanol–water partition coefficient (Wildman–Crippen LogP) is 3.59. The molecule has 28 heavy (non-hydrogen) atoms. The van der Waals surface area contributed by atoms with Crippen LogP contribution in [0.1, 0.15) is 18.1 Å². The number of nitrogens with zero attached hydrogens (tertiary/aromatic N) is 1. The van der Waals surface area contributed by atoms with E-state index in [0.29, 0.717) is 33.6 Å². The SMILES string of the molecule is COc1cc(OC)c(OC)cc1/C=N/NC(=O)C(C)Oc1ccc(Cl)cc1C. The number of nitrogens with one attached hydrogen (secondary N) is 1. The van der Waals surface area contributed by atoms with E-state index in [1.54, 1.807) is 37.3 Å². The maximum atomic E-state index is 12.2. The average Bonchev–Trinajstić information content (AvgIpc) is 2.69. The normalized spacial score (nSPS) is 11.8. The molecule has 0 heterocycles. The molecule has 0 spiro atoms. The van der Waals surface area contributed by atoms with Crippen LogP contribution in [-0.2, 0) is 4.79 Å². The van der Waals surface area contributed by atoms with Crippen LogP contribution >= 0.6 is 11.6 Å². The smallest absolute Gasteiger partial charge is 0.280 e. The molecule has 0 bridgehead atoms. The molecule has 150 valence electrons. The zero-order valence-corrected chi connectivity index (χ0v) is 17.2. The molecule has 0 aliphatic heterocycles. The highest BCUT2D eigenvalue weighted by molar-refractivity contribution is 6.30. The third-order valence-electron chi connectivity index (χ3n) is 3.92. The second-order valence-corrected chi connectivity index (χ2v) is 6.29. The van der Waals surface area contributed by atoms with Crippen LogP contribution in [0.4, 0.5) is 0 Å². The number of hydrazone groups is 1. The quantitative estimate of drug-likeness (QED) is 0.535. The van der Waals surface area contributed by atoms with Gasteiger partial charge in [0, 0.05) is 16.7 Å². The van der Waals surface area contributed by atoms with E-state index in [9.17, 15) is 4.79 Å². The Labute approximate surface area is 169 Å². The molecule has 2 aromatic carbocycles. The molecular weight excluding hydrogens is 384 g/mol. The summed E-state index contributed by atoms with van der Waals surface area (Å²) in [5.41, 5.74) is 3.90. The fraction of sp³-hybridized carbons (Fsp3) is 0.300. The first kappa shape index (κ1) is 21.4. The topological polar surface area (TPSA) is 78.4 Å². The van der Waals surface area contributed by atoms with Crippen molar-refractivity contribution in [3.05, 3.63) is 46.5 Å². The van der Waals surface area contributed by atoms with E-state index in [1.165, 1.54) is 27.5 Å². The number of benzene rings is 2. The first-order valence-corrected chi connectivity index (χ1v) is 8.83. The fourth-order valence-corrected chi connectivity index (χ4v) is 2.63. The van der Waals surface area contributed by atoms with E-state index in [2.05, 4.69) is 10.5 Å². The number of carbonyl (C=O) groups is 1. The van der Waals surface area contributed by atoms with Crippen LogP contribution < -0.4 is 24.4 Å². The average molecular weight is 407 g/mol. The molecule has 0 aromatic heterocycles. The molecule has 8 heteroatoms. The van der Waals surface area contributed by atoms with Gasteiger partial charge < -0.3 is 18.9 Å². The van der Waals surface area contributed by atoms with Crippen molar-refractivity contribution in [1.29, 1.82) is 0 Å². The molecule has 0 radical (unpaired) electrons. The number of hydrogen-bond acceptors (Lipinski definition) is 6. The zero-order valence-electron chi connectivity index (χ0n) is 16.4. The fourth-order valence-electron chi connectivity index (χ4n) is 2.40. The molecule has 0 saturated carbocycles. The number of methoxy groups -OCH3 is 3. The van der Waals surface area contributed by atoms with Gasteiger partial charge in [-0.3, -0.25) is 4.79 Å². The minimum atomic E-state index is -0.746. The summed E-state index contributed by atoms with van der Waals surface area (Å²) in [6.45, 7) is 3.49. The lowest BCUT2D eigenvalue weighted by molar-refractivity contribution is -0.127. The van der Waals surface area contributed by atoms with Crippen molar-refractivity contribution in [3.63, 3.8) is 0 Å². The van der Waals surface area contributed by atoms with Crippen molar-refractivity contribution in [3.8, 4) is 23.0 Å². The Kier molecular flexibility index (Phi) is 7.52. The number of halogens is 1. The largest absolute Gasteiger partial charge is 0.496 e. The van der Waals surface area contributed by atoms with E-state index >= 15 is 0 Å². The second-order valence-electron chi connectivity index (χ2n) is 5.85. The van der Waals surface area contributed by atoms with Gasteiger partial charge in [0.1, 0.15) is 11.5 Å². The van der Waals surface area contributed by atoms with Gasteiger partial charge in [0.25, 0.3) is 5.91 Å². The molecule has 2 rings (SSSR count). The van der Waals surface area contributed by atoms with Gasteiger partial charge in [-0.05, 0) is 43.7 Å². The first-order valence-electron chi connectivity index (χ1n) is 8.45. The van der Waals surface area contributed by atoms with Crippen LogP contribution in [0.2, 0.25) is 5.02 Å². The molecule has 1 N–H and O–H groups in total. The maximum Gasteiger partial charge on any atom is 0.280 e. The Hall–Kier alpha value is -2.93. The van der Waals surface area contributed by atoms with Gasteiger partial charge in [0.05, 0.1) is 27.5 Å². The highest BCUT2D eigenvalue weighted by Crippen LogP contribution is 2.33. The highest BCUT2D eigenvalue weighted by atomic mass is 35.5. The summed E-state index contributed by atoms with van der Waals surface area (Å²) < 4.78 is 21.5. The number of hydrogen-bond donors (Lipinski definition) is 1. The highest BCUT2D eigenvalue weighted by Gasteiger charge is 2.15. The van der Waals surface area contributed by atoms with E-state index in [1.807, 2.05) is 6.92 Å². The lowest BCUT2D eigenvalue weighted by Crippen LogP contribution is -2.33. The molecule has 1 amide bonds. The molecule has 0 fully saturated rings. The number of rotatable bonds is 8. The van der Waals surface area contributed by atoms with Crippen LogP contribution in [0.3, 0.4) is 0 Å². The van der Waals surface area contributed by atoms with Gasteiger partial charge in [-0.2, -0.15) is 5.10 Å². The Morgan fingerprint density at radius 1 is 1.04 bits per heavy atom. The summed E-state index contributed by atoms with van der Waals surface area (Å²) in [5, 5.41) is 4.59. The van der Waals surface area contributed by atoms with Gasteiger partial charge in [0.15, 0.2) is 17.6 Å². The van der Waals surface area contributed by atoms with Crippen molar-refractivity contribution in [2.75, 3.05) is 21.3 Å². The molecule has 0 aliphatic rings. The minimum Gasteiger partial charge on any atom is -0.496 e. The lowest BCUT2D eigenvalue weighted by atomic mass is 10.2. The summed E-state index contributed by atoms with van der Waals surface area (Å²) in [4.78, 5) is 12.2. The lowest BCUT2D eigenvalue weighted by Gasteiger charge is -2.15. The number of carbonyl (C=O) groups excluding carboxylic acids is 1. The monoisotopic (exact) mass is 406 g/mol. The van der Waals surface area contributed by atoms with E-state index < -0.39 is 12.0 Å². The van der Waals surface area contributed by atoms with Gasteiger partial charge in [-0.1, -0.05) is 11.6 Å². The Morgan fingerprint density at radius 2 is 1.68 bits per heavy atom. The number of ether oxygens (including phenoxy) is 4. The minimum absolute atomic E-state index is 0.398. The van der Waals surface area contributed by atoms with Crippen LogP contribution in [0.5, 0.6) is 23.0 Å². The molecule has 1 unspecified atom stereocenters. The first-order chi connectivity index (χ1) is 13.4. The van der Waals surface area contributed by atoms with E-state index in [4.69, 9.17) is 30.5 Å². The van der Waals surface area contributed by atoms with Crippen LogP contribution in [-0.4, -0.2) is 39.6 Å². The third kappa shape index (κ3) is 5.29. The van der Waals surface area contributed by atoms with Gasteiger partial charge in [0.2, 0.25) is 0 Å². The Morgan fingerprint density at radius 3 is 2.29 bits per heavy atom. The van der Waals surface area contributed by atoms with Crippen molar-refractivity contribution >= 4 is 23.7 Å². The zero-order chi connectivity index (χ0) is 20.7. The summed E-state index contributed by atoms with van der Waals surface area (Å²) in [5.74, 6) is 1.76. The second kappa shape index (κ2) is 9.85. The standard InChI is InChI=1S/C20H23ClN2O5/c1-12-8-15(21)6-7-16(12)28-13(2)20(24)23-22-11-14-9-18(26-4)19(27-5)10-17(14)25-3/h6-11,13H,1-5H3,(H,23,24)/b22-11+. The van der Waals surface area contributed by atoms with Crippen molar-refractivity contribution in [2.45, 2.75) is 20.0 Å². The van der Waals surface area contributed by atoms with Gasteiger partial charge in [-0.15, -0.1) is 0 Å². The molecular formula is C20H23ClN2O5. The number of amides is 1. The molecule has 0 saturated heterocycles. The van der Waals surface area contributed by atoms with E-state index in [-0.39, 0.29) is 0 Å². The van der Waals surface area contributed by atoms with Crippen molar-refractivity contribution in [2.24, 2.45) is 5.10 Å². The van der Waals surface area contributed by atoms with Crippen molar-refractivity contribution < 1.29 is 23.7 Å². The number of aryl methyl sites for hydroxylation is 1. The van der Waals surface area contributed by atoms with Crippen molar-refractivity contribution in [1.82, 2.24) is 5.43 Å². The van der Waals surface area contributed by atoms with Gasteiger partial charge >= 0.3 is 0 Å². The van der Waals surface area contributed by atoms with Gasteiger partial charge in [-0.25, -0.2) is 5.43 Å². The summed E-state index contributed by atoms with van der Waals surface area (Å²) >= 11 is 5.93. The summed E-state index contributed by atoms with van der Waals surface area (Å²) in [6, 6.07) is 8.57. The van der Waals surface area contributed by atoms with E-state index in [0.717, 1.165) is 5.56 Å². The molecule has 7 nitrogen and oxygen atoms in total. The molecule has 0 aliphatic carbocycles. The summed E-state index contributed by atoms with van der Waals surface area (Å²) in [7, 11) is 4.60. The maximum absolute atomic E-state index is 12.2. The Bertz CT molecular complexity index is 870. The molecule has 2 aromatic rings. The molecule has 1 atom stereocenters. The summed E-state index contributed by atoms with van der Waals surface area (Å²) in [6.07, 6.45) is 0.711. The van der Waals surface area contributed by atoms with Crippen LogP contribution in [0.25, 0.3) is 0 Å². The Balaban J connectivity index is 2.06. The third-order valence-corrected chi connectivity index (χ3v) is 4.16. The van der Waals surface area contributed by atoms with Crippen LogP contribution in [0, 0.1) is 6.92 Å².